The van der Waals surface area contributed by atoms with Crippen molar-refractivity contribution in [3.05, 3.63) is 64.4 Å². The summed E-state index contributed by atoms with van der Waals surface area (Å²) >= 11 is 1.75. The Labute approximate surface area is 285 Å². The Balaban J connectivity index is 0.000000363. The quantitative estimate of drug-likeness (QED) is 0.101. The molecule has 44 heavy (non-hydrogen) atoms. The Hall–Kier alpha value is -2.05. The molecule has 1 aliphatic heterocycles. The van der Waals surface area contributed by atoms with E-state index in [2.05, 4.69) is 78.0 Å². The summed E-state index contributed by atoms with van der Waals surface area (Å²) in [4.78, 5) is 18.8. The molecule has 2 aromatic heterocycles. The largest absolute Gasteiger partial charge is 0.546 e. The first kappa shape index (κ1) is 38.1. The van der Waals surface area contributed by atoms with Gasteiger partial charge in [-0.2, -0.15) is 11.6 Å². The van der Waals surface area contributed by atoms with Crippen LogP contribution in [0.2, 0.25) is 13.1 Å². The van der Waals surface area contributed by atoms with Gasteiger partial charge in [-0.05, 0) is 73.0 Å². The molecule has 4 nitrogen and oxygen atoms in total. The maximum absolute atomic E-state index is 11.7. The predicted octanol–water partition coefficient (Wildman–Crippen LogP) is 10.2. The molecule has 0 amide bonds. The smallest absolute Gasteiger partial charge is 0.276 e. The molecule has 0 spiro atoms. The number of hydrogen-bond acceptors (Lipinski definition) is 5. The molecule has 1 aliphatic rings. The minimum atomic E-state index is -2.09. The van der Waals surface area contributed by atoms with E-state index in [1.54, 1.807) is 11.3 Å². The van der Waals surface area contributed by atoms with Crippen molar-refractivity contribution in [2.24, 2.45) is 17.3 Å². The van der Waals surface area contributed by atoms with Crippen LogP contribution < -0.4 is 9.61 Å². The zero-order chi connectivity index (χ0) is 32.1. The number of thiophene rings is 1. The van der Waals surface area contributed by atoms with E-state index in [0.29, 0.717) is 0 Å². The average Bonchev–Trinajstić information content (AvgIpc) is 3.26. The normalized spacial score (nSPS) is 13.8. The number of benzene rings is 1. The fourth-order valence-electron chi connectivity index (χ4n) is 5.68. The number of carbonyl (C=O) groups is 1. The molecule has 0 saturated carbocycles. The van der Waals surface area contributed by atoms with Crippen LogP contribution in [0.4, 0.5) is 0 Å². The van der Waals surface area contributed by atoms with Crippen LogP contribution in [0.25, 0.3) is 21.7 Å². The first-order valence-electron chi connectivity index (χ1n) is 15.9. The number of pyridine rings is 1. The maximum Gasteiger partial charge on any atom is 0.276 e. The number of fused-ring (bicyclic) bond motifs is 3. The van der Waals surface area contributed by atoms with Gasteiger partial charge in [0.25, 0.3) is 8.32 Å². The molecule has 1 aromatic carbocycles. The summed E-state index contributed by atoms with van der Waals surface area (Å²) in [5.74, 6) is 1.49. The van der Waals surface area contributed by atoms with Gasteiger partial charge in [0.15, 0.2) is 5.78 Å². The second kappa shape index (κ2) is 16.0. The molecule has 1 N–H and O–H groups in total. The van der Waals surface area contributed by atoms with Crippen molar-refractivity contribution in [3.8, 4) is 27.4 Å². The second-order valence-corrected chi connectivity index (χ2v) is 18.5. The van der Waals surface area contributed by atoms with E-state index in [-0.39, 0.29) is 48.9 Å². The van der Waals surface area contributed by atoms with Gasteiger partial charge in [-0.1, -0.05) is 90.3 Å². The van der Waals surface area contributed by atoms with Gasteiger partial charge in [0.05, 0.1) is 11.5 Å². The van der Waals surface area contributed by atoms with Crippen LogP contribution >= 0.6 is 11.3 Å². The van der Waals surface area contributed by atoms with Crippen LogP contribution in [0.3, 0.4) is 0 Å². The van der Waals surface area contributed by atoms with Crippen LogP contribution in [0.5, 0.6) is 5.75 Å². The summed E-state index contributed by atoms with van der Waals surface area (Å²) in [6.07, 6.45) is 7.88. The number of carbonyl (C=O) groups excluding carboxylic acids is 1. The standard InChI is InChI=1S/C24H28NOSSi.C13H24O2.Ir/c1-15-12-20(27-16(15)2)22-23-19(10-11-25-22)18-9-8-17(14-24(3,4)5)13-21(18)28(6,7)26-23;1-5-10(6-2)12(14)9-13(15)11(7-3)8-4;/h8-11,13H,14H2,1-7H3;9-11,14H,5-8H2,1-4H3;/q-1;;/b;12-9-;. The molecule has 0 fully saturated rings. The Morgan fingerprint density at radius 3 is 2.16 bits per heavy atom. The van der Waals surface area contributed by atoms with Crippen molar-refractivity contribution in [1.29, 1.82) is 0 Å². The Morgan fingerprint density at radius 1 is 1.02 bits per heavy atom. The van der Waals surface area contributed by atoms with Gasteiger partial charge in [0.1, 0.15) is 0 Å². The zero-order valence-electron chi connectivity index (χ0n) is 28.6. The number of hydrogen-bond donors (Lipinski definition) is 1. The van der Waals surface area contributed by atoms with Gasteiger partial charge in [-0.3, -0.25) is 4.79 Å². The number of aryl methyl sites for hydroxylation is 2. The van der Waals surface area contributed by atoms with Gasteiger partial charge in [0, 0.05) is 55.5 Å². The number of rotatable bonds is 9. The van der Waals surface area contributed by atoms with E-state index in [9.17, 15) is 9.90 Å². The van der Waals surface area contributed by atoms with Crippen LogP contribution in [0.15, 0.2) is 42.3 Å². The van der Waals surface area contributed by atoms with Crippen molar-refractivity contribution < 1.29 is 34.4 Å². The van der Waals surface area contributed by atoms with E-state index in [0.717, 1.165) is 54.0 Å². The SMILES string of the molecule is CCC(CC)C(=O)/C=C(\O)C(CC)CC.Cc1[c-]c(-c2nccc3c2O[Si](C)(C)c2cc(CC(C)(C)C)ccc2-3)sc1C.[Ir]. The van der Waals surface area contributed by atoms with E-state index in [1.165, 1.54) is 32.8 Å². The monoisotopic (exact) mass is 811 g/mol. The molecule has 3 heterocycles. The first-order chi connectivity index (χ1) is 20.1. The molecular formula is C37H52IrNO3SSi-. The molecule has 0 bridgehead atoms. The third-order valence-electron chi connectivity index (χ3n) is 8.40. The van der Waals surface area contributed by atoms with E-state index < -0.39 is 8.32 Å². The molecule has 243 valence electrons. The van der Waals surface area contributed by atoms with Gasteiger partial charge in [-0.15, -0.1) is 0 Å². The minimum absolute atomic E-state index is 0. The molecule has 1 radical (unpaired) electrons. The molecule has 3 aromatic rings. The Bertz CT molecular complexity index is 1430. The number of ketones is 1. The molecule has 4 rings (SSSR count). The fourth-order valence-corrected chi connectivity index (χ4v) is 8.87. The molecule has 7 heteroatoms. The van der Waals surface area contributed by atoms with Crippen molar-refractivity contribution in [2.75, 3.05) is 0 Å². The summed E-state index contributed by atoms with van der Waals surface area (Å²) in [6.45, 7) is 23.8. The van der Waals surface area contributed by atoms with Crippen molar-refractivity contribution in [2.45, 2.75) is 108 Å². The van der Waals surface area contributed by atoms with Crippen LogP contribution in [0, 0.1) is 37.2 Å². The van der Waals surface area contributed by atoms with Crippen LogP contribution in [0.1, 0.15) is 90.2 Å². The number of allylic oxidation sites excluding steroid dienone is 2. The zero-order valence-corrected chi connectivity index (χ0v) is 32.8. The molecule has 0 aliphatic carbocycles. The molecule has 0 saturated heterocycles. The fraction of sp³-hybridized carbons (Fsp3) is 0.514. The third-order valence-corrected chi connectivity index (χ3v) is 11.9. The minimum Gasteiger partial charge on any atom is -0.546 e. The van der Waals surface area contributed by atoms with E-state index >= 15 is 0 Å². The first-order valence-corrected chi connectivity index (χ1v) is 19.6. The summed E-state index contributed by atoms with van der Waals surface area (Å²) in [5.41, 5.74) is 6.26. The number of aliphatic hydroxyl groups is 1. The van der Waals surface area contributed by atoms with E-state index in [4.69, 9.17) is 9.41 Å². The predicted molar refractivity (Wildman–Crippen MR) is 186 cm³/mol. The Kier molecular flexibility index (Phi) is 13.8. The maximum atomic E-state index is 11.7. The van der Waals surface area contributed by atoms with Crippen molar-refractivity contribution in [1.82, 2.24) is 4.98 Å². The third kappa shape index (κ3) is 9.25. The van der Waals surface area contributed by atoms with Gasteiger partial charge < -0.3 is 14.5 Å². The molecular weight excluding hydrogens is 759 g/mol. The second-order valence-electron chi connectivity index (χ2n) is 13.5. The topological polar surface area (TPSA) is 59.4 Å². The van der Waals surface area contributed by atoms with Gasteiger partial charge in [0.2, 0.25) is 0 Å². The van der Waals surface area contributed by atoms with Crippen molar-refractivity contribution in [3.63, 3.8) is 0 Å². The van der Waals surface area contributed by atoms with Crippen molar-refractivity contribution >= 4 is 30.6 Å². The summed E-state index contributed by atoms with van der Waals surface area (Å²) in [7, 11) is -2.09. The number of aromatic nitrogens is 1. The van der Waals surface area contributed by atoms with Gasteiger partial charge in [-0.25, -0.2) is 11.3 Å². The summed E-state index contributed by atoms with van der Waals surface area (Å²) < 4.78 is 6.73. The van der Waals surface area contributed by atoms with Crippen LogP contribution in [-0.4, -0.2) is 24.2 Å². The average molecular weight is 811 g/mol. The van der Waals surface area contributed by atoms with Gasteiger partial charge >= 0.3 is 0 Å². The summed E-state index contributed by atoms with van der Waals surface area (Å²) in [5, 5.41) is 11.1. The molecule has 0 unspecified atom stereocenters. The van der Waals surface area contributed by atoms with Crippen LogP contribution in [-0.2, 0) is 31.3 Å². The van der Waals surface area contributed by atoms with E-state index in [1.807, 2.05) is 33.9 Å². The number of nitrogens with zero attached hydrogens (tertiary/aromatic N) is 1. The Morgan fingerprint density at radius 2 is 1.64 bits per heavy atom. The summed E-state index contributed by atoms with van der Waals surface area (Å²) in [6, 6.07) is 12.6. The molecule has 0 atom stereocenters. The number of aliphatic hydroxyl groups excluding tert-OH is 1.